The van der Waals surface area contributed by atoms with Crippen molar-refractivity contribution in [3.05, 3.63) is 81.6 Å². The molecule has 1 aliphatic carbocycles. The summed E-state index contributed by atoms with van der Waals surface area (Å²) in [4.78, 5) is 14.8. The molecule has 1 aliphatic heterocycles. The number of likely N-dealkylation sites (N-methyl/N-ethyl adjacent to an activating group) is 1. The highest BCUT2D eigenvalue weighted by molar-refractivity contribution is 8.14. The Hall–Kier alpha value is -1.30. The van der Waals surface area contributed by atoms with Crippen molar-refractivity contribution in [3.63, 3.8) is 0 Å². The van der Waals surface area contributed by atoms with Crippen LogP contribution < -0.4 is 0 Å². The normalized spacial score (nSPS) is 19.1. The molecule has 0 radical (unpaired) electrons. The minimum Gasteiger partial charge on any atom is -0.344 e. The highest BCUT2D eigenvalue weighted by Crippen LogP contribution is 2.41. The van der Waals surface area contributed by atoms with Crippen LogP contribution in [0.4, 0.5) is 0 Å². The summed E-state index contributed by atoms with van der Waals surface area (Å²) in [5, 5.41) is 0. The van der Waals surface area contributed by atoms with E-state index in [2.05, 4.69) is 64.8 Å². The van der Waals surface area contributed by atoms with Gasteiger partial charge in [0.05, 0.1) is 10.3 Å². The monoisotopic (exact) mass is 573 g/mol. The zero-order valence-corrected chi connectivity index (χ0v) is 27.5. The van der Waals surface area contributed by atoms with Crippen LogP contribution in [0, 0.1) is 6.92 Å². The second-order valence-electron chi connectivity index (χ2n) is 9.80. The Morgan fingerprint density at radius 3 is 2.50 bits per heavy atom. The van der Waals surface area contributed by atoms with Crippen molar-refractivity contribution in [3.8, 4) is 0 Å². The van der Waals surface area contributed by atoms with E-state index in [4.69, 9.17) is 0 Å². The Labute approximate surface area is 248 Å². The molecular formula is C33H51NOS3. The van der Waals surface area contributed by atoms with E-state index >= 15 is 0 Å². The standard InChI is InChI=1S/C28H39NOS3.C3H6.C2H6/c1-6-7-8-11-22-14-20(3)27(23-12-9-10-19(2)13-23)24(15-22)17-32-18-26-25(16-30)29(5)21(4)28(31)33-26;1-3-2;1-2/h13-16,23,28,31H,4,6-12,17-18H2,1-3,5H3;3H,1H2,2H3;1-2H3. The summed E-state index contributed by atoms with van der Waals surface area (Å²) >= 11 is 8.24. The van der Waals surface area contributed by atoms with Gasteiger partial charge < -0.3 is 4.90 Å². The van der Waals surface area contributed by atoms with Crippen LogP contribution in [0.2, 0.25) is 0 Å². The van der Waals surface area contributed by atoms with Gasteiger partial charge in [-0.1, -0.05) is 70.0 Å². The second kappa shape index (κ2) is 18.9. The average molecular weight is 574 g/mol. The number of unbranched alkanes of at least 4 members (excludes halogenated alkanes) is 2. The Kier molecular flexibility index (Phi) is 17.3. The molecule has 2 unspecified atom stereocenters. The van der Waals surface area contributed by atoms with Gasteiger partial charge in [-0.05, 0) is 75.1 Å². The largest absolute Gasteiger partial charge is 0.344 e. The van der Waals surface area contributed by atoms with Crippen LogP contribution in [0.15, 0.2) is 59.3 Å². The summed E-state index contributed by atoms with van der Waals surface area (Å²) in [6.07, 6.45) is 14.0. The first-order valence-electron chi connectivity index (χ1n) is 14.2. The second-order valence-corrected chi connectivity index (χ2v) is 12.9. The summed E-state index contributed by atoms with van der Waals surface area (Å²) in [6.45, 7) is 20.2. The molecule has 2 nitrogen and oxygen atoms in total. The maximum absolute atomic E-state index is 11.8. The molecular weight excluding hydrogens is 523 g/mol. The van der Waals surface area contributed by atoms with Gasteiger partial charge >= 0.3 is 0 Å². The number of aryl methyl sites for hydroxylation is 2. The molecule has 0 amide bonds. The van der Waals surface area contributed by atoms with Gasteiger partial charge in [0.2, 0.25) is 0 Å². The summed E-state index contributed by atoms with van der Waals surface area (Å²) < 4.78 is 0.00403. The third kappa shape index (κ3) is 10.4. The zero-order valence-electron chi connectivity index (χ0n) is 24.9. The minimum absolute atomic E-state index is 0.00403. The topological polar surface area (TPSA) is 20.3 Å². The number of hydrogen-bond acceptors (Lipinski definition) is 5. The molecule has 2 aliphatic rings. The highest BCUT2D eigenvalue weighted by Gasteiger charge is 2.26. The van der Waals surface area contributed by atoms with Crippen molar-refractivity contribution in [2.75, 3.05) is 12.8 Å². The molecule has 0 saturated carbocycles. The molecule has 2 atom stereocenters. The average Bonchev–Trinajstić information content (AvgIpc) is 2.89. The number of rotatable bonds is 10. The van der Waals surface area contributed by atoms with Crippen molar-refractivity contribution in [2.24, 2.45) is 0 Å². The maximum Gasteiger partial charge on any atom is 0.167 e. The van der Waals surface area contributed by atoms with Gasteiger partial charge in [0.15, 0.2) is 6.29 Å². The number of aldehydes is 1. The molecule has 5 heteroatoms. The van der Waals surface area contributed by atoms with Gasteiger partial charge in [0.25, 0.3) is 0 Å². The lowest BCUT2D eigenvalue weighted by Gasteiger charge is -2.32. The predicted octanol–water partition coefficient (Wildman–Crippen LogP) is 10.3. The highest BCUT2D eigenvalue weighted by atomic mass is 32.2. The molecule has 1 aromatic rings. The number of carbonyl (C=O) groups is 1. The molecule has 212 valence electrons. The van der Waals surface area contributed by atoms with E-state index in [0.29, 0.717) is 5.92 Å². The van der Waals surface area contributed by atoms with Crippen molar-refractivity contribution < 1.29 is 4.79 Å². The van der Waals surface area contributed by atoms with Gasteiger partial charge in [-0.2, -0.15) is 24.4 Å². The third-order valence-electron chi connectivity index (χ3n) is 6.76. The van der Waals surface area contributed by atoms with E-state index in [-0.39, 0.29) is 4.58 Å². The Morgan fingerprint density at radius 1 is 1.21 bits per heavy atom. The number of benzene rings is 1. The van der Waals surface area contributed by atoms with Gasteiger partial charge in [0.1, 0.15) is 0 Å². The molecule has 1 aromatic carbocycles. The van der Waals surface area contributed by atoms with E-state index < -0.39 is 0 Å². The van der Waals surface area contributed by atoms with Gasteiger partial charge in [-0.3, -0.25) is 4.79 Å². The van der Waals surface area contributed by atoms with Crippen LogP contribution in [0.3, 0.4) is 0 Å². The molecule has 3 rings (SSSR count). The Morgan fingerprint density at radius 2 is 1.89 bits per heavy atom. The Balaban J connectivity index is 0.00000135. The molecule has 0 spiro atoms. The van der Waals surface area contributed by atoms with E-state index in [1.165, 1.54) is 60.8 Å². The maximum atomic E-state index is 11.8. The molecule has 38 heavy (non-hydrogen) atoms. The fraction of sp³-hybridized carbons (Fsp3) is 0.545. The van der Waals surface area contributed by atoms with Crippen molar-refractivity contribution in [1.82, 2.24) is 4.90 Å². The number of carbonyl (C=O) groups excluding carboxylic acids is 1. The third-order valence-corrected chi connectivity index (χ3v) is 9.70. The first kappa shape index (κ1) is 34.7. The van der Waals surface area contributed by atoms with Crippen LogP contribution in [0.1, 0.15) is 101 Å². The fourth-order valence-electron chi connectivity index (χ4n) is 4.94. The van der Waals surface area contributed by atoms with Crippen LogP contribution in [-0.2, 0) is 17.0 Å². The first-order chi connectivity index (χ1) is 18.3. The van der Waals surface area contributed by atoms with Gasteiger partial charge in [-0.15, -0.1) is 18.3 Å². The van der Waals surface area contributed by atoms with E-state index in [1.54, 1.807) is 23.4 Å². The number of thiol groups is 1. The van der Waals surface area contributed by atoms with E-state index in [1.807, 2.05) is 44.5 Å². The van der Waals surface area contributed by atoms with E-state index in [9.17, 15) is 4.79 Å². The van der Waals surface area contributed by atoms with Crippen LogP contribution in [0.5, 0.6) is 0 Å². The molecule has 0 bridgehead atoms. The van der Waals surface area contributed by atoms with Crippen molar-refractivity contribution >= 4 is 42.4 Å². The lowest BCUT2D eigenvalue weighted by atomic mass is 9.81. The lowest BCUT2D eigenvalue weighted by molar-refractivity contribution is -0.105. The lowest BCUT2D eigenvalue weighted by Crippen LogP contribution is -2.27. The number of nitrogens with zero attached hydrogens (tertiary/aromatic N) is 1. The molecule has 0 fully saturated rings. The first-order valence-corrected chi connectivity index (χ1v) is 16.7. The van der Waals surface area contributed by atoms with Crippen molar-refractivity contribution in [2.45, 2.75) is 103 Å². The summed E-state index contributed by atoms with van der Waals surface area (Å²) in [5.74, 6) is 2.33. The molecule has 0 saturated heterocycles. The van der Waals surface area contributed by atoms with Crippen molar-refractivity contribution in [1.29, 1.82) is 0 Å². The van der Waals surface area contributed by atoms with Crippen LogP contribution in [-0.4, -0.2) is 28.6 Å². The predicted molar refractivity (Wildman–Crippen MR) is 178 cm³/mol. The van der Waals surface area contributed by atoms with Gasteiger partial charge in [0, 0.05) is 35.1 Å². The van der Waals surface area contributed by atoms with Crippen LogP contribution >= 0.6 is 36.2 Å². The number of allylic oxidation sites excluding steroid dienone is 4. The Bertz CT molecular complexity index is 979. The number of thioether (sulfide) groups is 2. The van der Waals surface area contributed by atoms with E-state index in [0.717, 1.165) is 40.5 Å². The smallest absolute Gasteiger partial charge is 0.167 e. The van der Waals surface area contributed by atoms with Crippen LogP contribution in [0.25, 0.3) is 0 Å². The van der Waals surface area contributed by atoms with Gasteiger partial charge in [-0.25, -0.2) is 0 Å². The summed E-state index contributed by atoms with van der Waals surface area (Å²) in [7, 11) is 1.92. The quantitative estimate of drug-likeness (QED) is 0.130. The number of hydrogen-bond donors (Lipinski definition) is 1. The summed E-state index contributed by atoms with van der Waals surface area (Å²) in [6, 6.07) is 4.91. The zero-order chi connectivity index (χ0) is 28.7. The summed E-state index contributed by atoms with van der Waals surface area (Å²) in [5.41, 5.74) is 9.08. The molecule has 1 heterocycles. The molecule has 0 aromatic heterocycles. The SMILES string of the molecule is C=C1C(S)SC(CSCc2cc(CCCCC)cc(C)c2C2C=C(C)CCC2)=C(C=O)N1C.C=CC.CC. The minimum atomic E-state index is 0.00403. The molecule has 0 N–H and O–H groups in total. The fourth-order valence-corrected chi connectivity index (χ4v) is 7.78.